The van der Waals surface area contributed by atoms with Crippen molar-refractivity contribution in [3.63, 3.8) is 0 Å². The normalized spacial score (nSPS) is 11.7. The maximum absolute atomic E-state index is 12.9. The van der Waals surface area contributed by atoms with E-state index >= 15 is 0 Å². The van der Waals surface area contributed by atoms with Crippen LogP contribution in [0.1, 0.15) is 46.5 Å². The third-order valence-corrected chi connectivity index (χ3v) is 4.59. The van der Waals surface area contributed by atoms with Crippen LogP contribution in [0.15, 0.2) is 23.0 Å². The first-order chi connectivity index (χ1) is 12.2. The van der Waals surface area contributed by atoms with Crippen molar-refractivity contribution in [2.75, 3.05) is 0 Å². The quantitative estimate of drug-likeness (QED) is 0.833. The van der Waals surface area contributed by atoms with Gasteiger partial charge in [-0.3, -0.25) is 14.2 Å². The van der Waals surface area contributed by atoms with E-state index in [0.29, 0.717) is 5.75 Å². The van der Waals surface area contributed by atoms with Gasteiger partial charge in [-0.1, -0.05) is 12.1 Å². The van der Waals surface area contributed by atoms with Crippen molar-refractivity contribution in [3.05, 3.63) is 56.4 Å². The van der Waals surface area contributed by atoms with Crippen LogP contribution in [0.4, 0.5) is 0 Å². The third-order valence-electron chi connectivity index (χ3n) is 4.59. The monoisotopic (exact) mass is 354 g/mol. The molecule has 1 heterocycles. The summed E-state index contributed by atoms with van der Waals surface area (Å²) in [4.78, 5) is 25.2. The molecule has 0 saturated carbocycles. The predicted molar refractivity (Wildman–Crippen MR) is 97.8 cm³/mol. The Morgan fingerprint density at radius 3 is 2.54 bits per heavy atom. The summed E-state index contributed by atoms with van der Waals surface area (Å²) in [5.41, 5.74) is 1.32. The molecule has 6 heteroatoms. The molecule has 6 nitrogen and oxygen atoms in total. The lowest BCUT2D eigenvalue weighted by atomic mass is 9.99. The molecule has 0 radical (unpaired) electrons. The van der Waals surface area contributed by atoms with Crippen molar-refractivity contribution in [2.24, 2.45) is 0 Å². The molecule has 0 spiro atoms. The Labute approximate surface area is 152 Å². The Bertz CT molecular complexity index is 967. The lowest BCUT2D eigenvalue weighted by Gasteiger charge is -2.19. The lowest BCUT2D eigenvalue weighted by Crippen LogP contribution is -2.30. The number of ketones is 1. The Balaban J connectivity index is 2.51. The number of nitrogens with zero attached hydrogens (tertiary/aromatic N) is 2. The highest BCUT2D eigenvalue weighted by Crippen LogP contribution is 2.26. The van der Waals surface area contributed by atoms with Crippen LogP contribution in [-0.4, -0.2) is 21.6 Å². The number of rotatable bonds is 5. The first-order valence-electron chi connectivity index (χ1n) is 8.38. The van der Waals surface area contributed by atoms with E-state index in [1.165, 1.54) is 6.92 Å². The minimum Gasteiger partial charge on any atom is -0.494 e. The van der Waals surface area contributed by atoms with E-state index in [9.17, 15) is 20.0 Å². The summed E-state index contributed by atoms with van der Waals surface area (Å²) >= 11 is 0. The van der Waals surface area contributed by atoms with Crippen molar-refractivity contribution in [1.29, 1.82) is 5.26 Å². The van der Waals surface area contributed by atoms with Gasteiger partial charge in [0.2, 0.25) is 11.7 Å². The lowest BCUT2D eigenvalue weighted by molar-refractivity contribution is 0.0811. The number of benzene rings is 1. The maximum Gasteiger partial charge on any atom is 0.271 e. The standard InChI is InChI=1S/C20H22N2O4/c1-6-22-19(24)15(10-21)13(4)17(20(22)25)18(23)14(5)26-16-9-7-8-11(2)12(16)3/h7-9,14,25H,6H2,1-5H3. The van der Waals surface area contributed by atoms with Crippen LogP contribution in [0.3, 0.4) is 0 Å². The van der Waals surface area contributed by atoms with E-state index in [0.717, 1.165) is 15.7 Å². The van der Waals surface area contributed by atoms with Gasteiger partial charge < -0.3 is 9.84 Å². The van der Waals surface area contributed by atoms with Crippen molar-refractivity contribution in [3.8, 4) is 17.7 Å². The number of carbonyl (C=O) groups excluding carboxylic acids is 1. The van der Waals surface area contributed by atoms with E-state index in [4.69, 9.17) is 4.74 Å². The largest absolute Gasteiger partial charge is 0.494 e. The summed E-state index contributed by atoms with van der Waals surface area (Å²) in [6.07, 6.45) is -0.894. The molecule has 0 saturated heterocycles. The predicted octanol–water partition coefficient (Wildman–Crippen LogP) is 3.02. The Hall–Kier alpha value is -3.07. The third kappa shape index (κ3) is 3.21. The van der Waals surface area contributed by atoms with Gasteiger partial charge in [0.1, 0.15) is 17.4 Å². The number of Topliss-reactive ketones (excluding diaryl/α,β-unsaturated/α-hetero) is 1. The van der Waals surface area contributed by atoms with Gasteiger partial charge in [-0.15, -0.1) is 0 Å². The van der Waals surface area contributed by atoms with E-state index in [2.05, 4.69) is 0 Å². The molecule has 1 atom stereocenters. The van der Waals surface area contributed by atoms with Gasteiger partial charge in [-0.25, -0.2) is 0 Å². The van der Waals surface area contributed by atoms with Crippen LogP contribution < -0.4 is 10.3 Å². The number of carbonyl (C=O) groups is 1. The number of aromatic nitrogens is 1. The molecule has 1 aromatic heterocycles. The molecule has 0 bridgehead atoms. The zero-order valence-electron chi connectivity index (χ0n) is 15.6. The van der Waals surface area contributed by atoms with Crippen molar-refractivity contribution in [2.45, 2.75) is 47.3 Å². The van der Waals surface area contributed by atoms with Crippen molar-refractivity contribution < 1.29 is 14.6 Å². The summed E-state index contributed by atoms with van der Waals surface area (Å²) in [6.45, 7) is 8.71. The van der Waals surface area contributed by atoms with E-state index < -0.39 is 23.3 Å². The van der Waals surface area contributed by atoms with Crippen LogP contribution in [0.25, 0.3) is 0 Å². The molecule has 0 aliphatic rings. The number of nitriles is 1. The fourth-order valence-corrected chi connectivity index (χ4v) is 2.84. The second-order valence-electron chi connectivity index (χ2n) is 6.18. The number of ether oxygens (including phenoxy) is 1. The SMILES string of the molecule is CCn1c(O)c(C(=O)C(C)Oc2cccc(C)c2C)c(C)c(C#N)c1=O. The Morgan fingerprint density at radius 2 is 1.96 bits per heavy atom. The number of hydrogen-bond acceptors (Lipinski definition) is 5. The Kier molecular flexibility index (Phi) is 5.51. The summed E-state index contributed by atoms with van der Waals surface area (Å²) in [6, 6.07) is 7.38. The second kappa shape index (κ2) is 7.44. The van der Waals surface area contributed by atoms with E-state index in [1.54, 1.807) is 19.9 Å². The molecule has 0 aliphatic carbocycles. The van der Waals surface area contributed by atoms with Gasteiger partial charge in [0.05, 0.1) is 5.56 Å². The molecule has 2 aromatic rings. The molecule has 26 heavy (non-hydrogen) atoms. The van der Waals surface area contributed by atoms with Gasteiger partial charge in [-0.2, -0.15) is 5.26 Å². The van der Waals surface area contributed by atoms with Crippen LogP contribution in [0.2, 0.25) is 0 Å². The second-order valence-corrected chi connectivity index (χ2v) is 6.18. The summed E-state index contributed by atoms with van der Waals surface area (Å²) in [7, 11) is 0. The number of pyridine rings is 1. The van der Waals surface area contributed by atoms with Gasteiger partial charge in [0, 0.05) is 6.54 Å². The topological polar surface area (TPSA) is 92.3 Å². The summed E-state index contributed by atoms with van der Waals surface area (Å²) in [5, 5.41) is 19.7. The summed E-state index contributed by atoms with van der Waals surface area (Å²) < 4.78 is 6.82. The van der Waals surface area contributed by atoms with Crippen LogP contribution in [0, 0.1) is 32.1 Å². The molecule has 2 rings (SSSR count). The fourth-order valence-electron chi connectivity index (χ4n) is 2.84. The fraction of sp³-hybridized carbons (Fsp3) is 0.350. The first-order valence-corrected chi connectivity index (χ1v) is 8.38. The number of hydrogen-bond donors (Lipinski definition) is 1. The van der Waals surface area contributed by atoms with Crippen LogP contribution in [0.5, 0.6) is 11.6 Å². The average Bonchev–Trinajstić information content (AvgIpc) is 2.59. The van der Waals surface area contributed by atoms with E-state index in [-0.39, 0.29) is 23.2 Å². The zero-order valence-corrected chi connectivity index (χ0v) is 15.6. The van der Waals surface area contributed by atoms with Gasteiger partial charge >= 0.3 is 0 Å². The molecule has 1 aromatic carbocycles. The van der Waals surface area contributed by atoms with Crippen LogP contribution in [-0.2, 0) is 6.54 Å². The van der Waals surface area contributed by atoms with Gasteiger partial charge in [-0.05, 0) is 57.4 Å². The van der Waals surface area contributed by atoms with Gasteiger partial charge in [0.25, 0.3) is 5.56 Å². The van der Waals surface area contributed by atoms with Crippen LogP contribution >= 0.6 is 0 Å². The molecule has 0 fully saturated rings. The van der Waals surface area contributed by atoms with E-state index in [1.807, 2.05) is 32.0 Å². The molecule has 136 valence electrons. The minimum absolute atomic E-state index is 0.0548. The highest BCUT2D eigenvalue weighted by Gasteiger charge is 2.28. The molecule has 1 unspecified atom stereocenters. The molecular weight excluding hydrogens is 332 g/mol. The van der Waals surface area contributed by atoms with Gasteiger partial charge in [0.15, 0.2) is 6.10 Å². The van der Waals surface area contributed by atoms with Crippen molar-refractivity contribution >= 4 is 5.78 Å². The first kappa shape index (κ1) is 19.3. The molecule has 0 amide bonds. The number of aryl methyl sites for hydroxylation is 1. The maximum atomic E-state index is 12.9. The average molecular weight is 354 g/mol. The number of aromatic hydroxyl groups is 1. The molecule has 1 N–H and O–H groups in total. The molecular formula is C20H22N2O4. The summed E-state index contributed by atoms with van der Waals surface area (Å²) in [5.74, 6) is -0.345. The smallest absolute Gasteiger partial charge is 0.271 e. The zero-order chi connectivity index (χ0) is 19.6. The highest BCUT2D eigenvalue weighted by molar-refractivity contribution is 6.03. The minimum atomic E-state index is -0.894. The van der Waals surface area contributed by atoms with Crippen molar-refractivity contribution in [1.82, 2.24) is 4.57 Å². The Morgan fingerprint density at radius 1 is 1.31 bits per heavy atom. The molecule has 0 aliphatic heterocycles. The highest BCUT2D eigenvalue weighted by atomic mass is 16.5.